The minimum Gasteiger partial charge on any atom is -0.497 e. The van der Waals surface area contributed by atoms with E-state index in [1.54, 1.807) is 7.11 Å². The van der Waals surface area contributed by atoms with Gasteiger partial charge in [-0.1, -0.05) is 48.0 Å². The summed E-state index contributed by atoms with van der Waals surface area (Å²) in [4.78, 5) is 2.53. The van der Waals surface area contributed by atoms with Crippen LogP contribution >= 0.6 is 0 Å². The highest BCUT2D eigenvalue weighted by atomic mass is 16.5. The zero-order valence-corrected chi connectivity index (χ0v) is 18.4. The van der Waals surface area contributed by atoms with E-state index in [-0.39, 0.29) is 0 Å². The summed E-state index contributed by atoms with van der Waals surface area (Å²) in [6, 6.07) is 20.4. The molecule has 1 aromatic heterocycles. The fraction of sp³-hybridized carbons (Fsp3) is 0.346. The lowest BCUT2D eigenvalue weighted by Crippen LogP contribution is -2.22. The van der Waals surface area contributed by atoms with Gasteiger partial charge in [-0.3, -0.25) is 10.00 Å². The first-order valence-electron chi connectivity index (χ1n) is 11.0. The number of hydrogen-bond donors (Lipinski definition) is 1. The molecule has 0 aliphatic carbocycles. The SMILES string of the molecule is COc1cccc(OCCc2cc([C@@H]3CCN(C/C(C)=C/c4ccccc4)C3)n[nH]2)c1. The minimum atomic E-state index is 0.494. The van der Waals surface area contributed by atoms with E-state index in [2.05, 4.69) is 64.5 Å². The van der Waals surface area contributed by atoms with Gasteiger partial charge in [-0.2, -0.15) is 5.10 Å². The van der Waals surface area contributed by atoms with Gasteiger partial charge in [-0.15, -0.1) is 0 Å². The fourth-order valence-electron chi connectivity index (χ4n) is 4.14. The number of methoxy groups -OCH3 is 1. The second-order valence-corrected chi connectivity index (χ2v) is 8.22. The van der Waals surface area contributed by atoms with E-state index in [0.717, 1.165) is 49.7 Å². The summed E-state index contributed by atoms with van der Waals surface area (Å²) < 4.78 is 11.1. The number of ether oxygens (including phenoxy) is 2. The summed E-state index contributed by atoms with van der Waals surface area (Å²) >= 11 is 0. The summed E-state index contributed by atoms with van der Waals surface area (Å²) in [6.07, 6.45) is 4.24. The smallest absolute Gasteiger partial charge is 0.123 e. The Balaban J connectivity index is 1.25. The molecule has 0 bridgehead atoms. The normalized spacial score (nSPS) is 17.1. The van der Waals surface area contributed by atoms with E-state index in [1.807, 2.05) is 24.3 Å². The number of benzene rings is 2. The van der Waals surface area contributed by atoms with Gasteiger partial charge in [0.25, 0.3) is 0 Å². The first kappa shape index (κ1) is 21.2. The lowest BCUT2D eigenvalue weighted by molar-refractivity contribution is 0.317. The summed E-state index contributed by atoms with van der Waals surface area (Å²) in [5.41, 5.74) is 4.95. The summed E-state index contributed by atoms with van der Waals surface area (Å²) in [5, 5.41) is 7.79. The molecule has 3 aromatic rings. The highest BCUT2D eigenvalue weighted by Crippen LogP contribution is 2.27. The van der Waals surface area contributed by atoms with Gasteiger partial charge in [0.05, 0.1) is 19.4 Å². The fourth-order valence-corrected chi connectivity index (χ4v) is 4.14. The van der Waals surface area contributed by atoms with Crippen LogP contribution in [0.25, 0.3) is 6.08 Å². The molecule has 0 spiro atoms. The van der Waals surface area contributed by atoms with Crippen LogP contribution in [0.5, 0.6) is 11.5 Å². The van der Waals surface area contributed by atoms with Crippen molar-refractivity contribution in [2.45, 2.75) is 25.7 Å². The molecule has 31 heavy (non-hydrogen) atoms. The number of aromatic nitrogens is 2. The van der Waals surface area contributed by atoms with E-state index < -0.39 is 0 Å². The van der Waals surface area contributed by atoms with Crippen LogP contribution in [0.3, 0.4) is 0 Å². The average Bonchev–Trinajstić information content (AvgIpc) is 3.44. The van der Waals surface area contributed by atoms with Crippen molar-refractivity contribution in [2.75, 3.05) is 33.4 Å². The molecule has 1 N–H and O–H groups in total. The van der Waals surface area contributed by atoms with Crippen LogP contribution < -0.4 is 9.47 Å². The molecule has 2 heterocycles. The van der Waals surface area contributed by atoms with Crippen molar-refractivity contribution < 1.29 is 9.47 Å². The predicted molar refractivity (Wildman–Crippen MR) is 125 cm³/mol. The van der Waals surface area contributed by atoms with Crippen LogP contribution in [0.1, 0.15) is 36.2 Å². The van der Waals surface area contributed by atoms with Crippen molar-refractivity contribution in [1.29, 1.82) is 0 Å². The second-order valence-electron chi connectivity index (χ2n) is 8.22. The number of H-pyrrole nitrogens is 1. The molecule has 0 amide bonds. The third kappa shape index (κ3) is 5.98. The van der Waals surface area contributed by atoms with Gasteiger partial charge in [-0.25, -0.2) is 0 Å². The largest absolute Gasteiger partial charge is 0.497 e. The van der Waals surface area contributed by atoms with Crippen LogP contribution in [0.2, 0.25) is 0 Å². The highest BCUT2D eigenvalue weighted by Gasteiger charge is 2.25. The molecule has 5 heteroatoms. The number of aromatic amines is 1. The monoisotopic (exact) mass is 417 g/mol. The summed E-state index contributed by atoms with van der Waals surface area (Å²) in [7, 11) is 1.66. The Kier molecular flexibility index (Phi) is 7.05. The molecule has 1 aliphatic rings. The van der Waals surface area contributed by atoms with Gasteiger partial charge in [0.1, 0.15) is 11.5 Å². The number of hydrogen-bond acceptors (Lipinski definition) is 4. The third-order valence-electron chi connectivity index (χ3n) is 5.71. The van der Waals surface area contributed by atoms with Gasteiger partial charge in [0, 0.05) is 37.2 Å². The maximum Gasteiger partial charge on any atom is 0.123 e. The molecule has 0 unspecified atom stereocenters. The maximum absolute atomic E-state index is 5.85. The Morgan fingerprint density at radius 2 is 1.97 bits per heavy atom. The van der Waals surface area contributed by atoms with Crippen LogP contribution in [-0.4, -0.2) is 48.4 Å². The molecule has 1 fully saturated rings. The van der Waals surface area contributed by atoms with Crippen molar-refractivity contribution in [1.82, 2.24) is 15.1 Å². The van der Waals surface area contributed by atoms with E-state index >= 15 is 0 Å². The Morgan fingerprint density at radius 3 is 2.81 bits per heavy atom. The van der Waals surface area contributed by atoms with Crippen molar-refractivity contribution in [3.05, 3.63) is 83.2 Å². The zero-order valence-electron chi connectivity index (χ0n) is 18.4. The third-order valence-corrected chi connectivity index (χ3v) is 5.71. The van der Waals surface area contributed by atoms with Crippen LogP contribution in [0, 0.1) is 0 Å². The molecular formula is C26H31N3O2. The Bertz CT molecular complexity index is 997. The van der Waals surface area contributed by atoms with Crippen molar-refractivity contribution in [3.63, 3.8) is 0 Å². The molecule has 1 aliphatic heterocycles. The topological polar surface area (TPSA) is 50.4 Å². The summed E-state index contributed by atoms with van der Waals surface area (Å²) in [5.74, 6) is 2.12. The standard InChI is InChI=1S/C26H31N3O2/c1-20(15-21-7-4-3-5-8-21)18-29-13-11-22(19-29)26-16-23(27-28-26)12-14-31-25-10-6-9-24(17-25)30-2/h3-10,15-17,22H,11-14,18-19H2,1-2H3,(H,27,28)/b20-15+/t22-/m1/s1. The van der Waals surface area contributed by atoms with Crippen molar-refractivity contribution in [2.24, 2.45) is 0 Å². The van der Waals surface area contributed by atoms with E-state index in [9.17, 15) is 0 Å². The number of nitrogens with zero attached hydrogens (tertiary/aromatic N) is 2. The van der Waals surface area contributed by atoms with Gasteiger partial charge in [-0.05, 0) is 43.7 Å². The average molecular weight is 418 g/mol. The number of nitrogens with one attached hydrogen (secondary N) is 1. The Morgan fingerprint density at radius 1 is 1.13 bits per heavy atom. The molecule has 2 aromatic carbocycles. The lowest BCUT2D eigenvalue weighted by Gasteiger charge is -2.16. The van der Waals surface area contributed by atoms with Crippen LogP contribution in [0.4, 0.5) is 0 Å². The number of rotatable bonds is 9. The van der Waals surface area contributed by atoms with Gasteiger partial charge >= 0.3 is 0 Å². The first-order chi connectivity index (χ1) is 15.2. The van der Waals surface area contributed by atoms with Gasteiger partial charge < -0.3 is 9.47 Å². The Hall–Kier alpha value is -3.05. The quantitative estimate of drug-likeness (QED) is 0.536. The molecule has 5 nitrogen and oxygen atoms in total. The Labute approximate surface area is 184 Å². The molecule has 162 valence electrons. The number of likely N-dealkylation sites (tertiary alicyclic amines) is 1. The molecule has 0 radical (unpaired) electrons. The molecule has 4 rings (SSSR count). The summed E-state index contributed by atoms with van der Waals surface area (Å²) in [6.45, 7) is 6.01. The van der Waals surface area contributed by atoms with Gasteiger partial charge in [0.15, 0.2) is 0 Å². The highest BCUT2D eigenvalue weighted by molar-refractivity contribution is 5.52. The van der Waals surface area contributed by atoms with E-state index in [1.165, 1.54) is 16.8 Å². The molecular weight excluding hydrogens is 386 g/mol. The maximum atomic E-state index is 5.85. The molecule has 1 saturated heterocycles. The molecule has 1 atom stereocenters. The minimum absolute atomic E-state index is 0.494. The molecule has 0 saturated carbocycles. The second kappa shape index (κ2) is 10.3. The predicted octanol–water partition coefficient (Wildman–Crippen LogP) is 4.93. The van der Waals surface area contributed by atoms with Crippen molar-refractivity contribution in [3.8, 4) is 11.5 Å². The van der Waals surface area contributed by atoms with Crippen molar-refractivity contribution >= 4 is 6.08 Å². The van der Waals surface area contributed by atoms with Gasteiger partial charge in [0.2, 0.25) is 0 Å². The van der Waals surface area contributed by atoms with Crippen LogP contribution in [-0.2, 0) is 6.42 Å². The first-order valence-corrected chi connectivity index (χ1v) is 11.0. The lowest BCUT2D eigenvalue weighted by atomic mass is 10.0. The van der Waals surface area contributed by atoms with E-state index in [0.29, 0.717) is 12.5 Å². The van der Waals surface area contributed by atoms with Crippen LogP contribution in [0.15, 0.2) is 66.2 Å². The zero-order chi connectivity index (χ0) is 21.5. The van der Waals surface area contributed by atoms with E-state index in [4.69, 9.17) is 9.47 Å².